The average Bonchev–Trinajstić information content (AvgIpc) is 2.91. The van der Waals surface area contributed by atoms with Crippen molar-refractivity contribution in [2.24, 2.45) is 0 Å². The summed E-state index contributed by atoms with van der Waals surface area (Å²) in [5.74, 6) is 0.263. The van der Waals surface area contributed by atoms with Gasteiger partial charge in [0.1, 0.15) is 5.75 Å². The predicted octanol–water partition coefficient (Wildman–Crippen LogP) is 4.65. The van der Waals surface area contributed by atoms with Crippen LogP contribution in [0.25, 0.3) is 10.9 Å². The van der Waals surface area contributed by atoms with E-state index < -0.39 is 6.10 Å². The molecule has 0 saturated heterocycles. The number of rotatable bonds is 4. The van der Waals surface area contributed by atoms with Crippen LogP contribution in [-0.2, 0) is 0 Å². The lowest BCUT2D eigenvalue weighted by molar-refractivity contribution is 0.0819. The molecule has 4 nitrogen and oxygen atoms in total. The number of Topliss-reactive ketones (excluding diaryl/α,β-unsaturated/α-hetero) is 1. The van der Waals surface area contributed by atoms with Crippen molar-refractivity contribution in [3.05, 3.63) is 64.3 Å². The van der Waals surface area contributed by atoms with Crippen molar-refractivity contribution in [2.45, 2.75) is 20.0 Å². The summed E-state index contributed by atoms with van der Waals surface area (Å²) in [7, 11) is 0. The second kappa shape index (κ2) is 6.38. The molecule has 5 heteroatoms. The molecule has 1 atom stereocenters. The molecule has 0 amide bonds. The van der Waals surface area contributed by atoms with Gasteiger partial charge in [0.15, 0.2) is 6.10 Å². The lowest BCUT2D eigenvalue weighted by Crippen LogP contribution is -2.24. The standard InChI is InChI=1S/C19H15ClN2O2/c1-11-18(14-5-3-4-6-16(14)22-11)19(23)12(2)24-17-8-7-13(10-21)9-15(17)20/h3-9,12,22H,1-2H3/t12-/m0/s1. The van der Waals surface area contributed by atoms with Crippen LogP contribution in [0.15, 0.2) is 42.5 Å². The first-order valence-electron chi connectivity index (χ1n) is 7.49. The van der Waals surface area contributed by atoms with Gasteiger partial charge in [-0.25, -0.2) is 0 Å². The van der Waals surface area contributed by atoms with Crippen LogP contribution in [0.3, 0.4) is 0 Å². The molecule has 2 aromatic carbocycles. The Balaban J connectivity index is 1.90. The molecular formula is C19H15ClN2O2. The largest absolute Gasteiger partial charge is 0.481 e. The number of fused-ring (bicyclic) bond motifs is 1. The maximum Gasteiger partial charge on any atom is 0.205 e. The Morgan fingerprint density at radius 2 is 2.04 bits per heavy atom. The number of nitriles is 1. The normalized spacial score (nSPS) is 11.9. The minimum Gasteiger partial charge on any atom is -0.481 e. The number of hydrogen-bond acceptors (Lipinski definition) is 3. The van der Waals surface area contributed by atoms with Crippen LogP contribution in [0.2, 0.25) is 5.02 Å². The number of H-pyrrole nitrogens is 1. The molecule has 0 unspecified atom stereocenters. The lowest BCUT2D eigenvalue weighted by Gasteiger charge is -2.15. The zero-order chi connectivity index (χ0) is 17.3. The molecule has 1 aromatic heterocycles. The lowest BCUT2D eigenvalue weighted by atomic mass is 10.0. The van der Waals surface area contributed by atoms with Gasteiger partial charge in [0.25, 0.3) is 0 Å². The molecule has 3 aromatic rings. The molecule has 3 rings (SSSR count). The van der Waals surface area contributed by atoms with Crippen molar-refractivity contribution in [3.8, 4) is 11.8 Å². The predicted molar refractivity (Wildman–Crippen MR) is 93.6 cm³/mol. The van der Waals surface area contributed by atoms with Gasteiger partial charge >= 0.3 is 0 Å². The molecule has 0 fully saturated rings. The Hall–Kier alpha value is -2.77. The minimum absolute atomic E-state index is 0.120. The number of carbonyl (C=O) groups excluding carboxylic acids is 1. The van der Waals surface area contributed by atoms with Gasteiger partial charge in [-0.3, -0.25) is 4.79 Å². The van der Waals surface area contributed by atoms with Gasteiger partial charge in [0.05, 0.1) is 16.7 Å². The first-order chi connectivity index (χ1) is 11.5. The Morgan fingerprint density at radius 1 is 1.29 bits per heavy atom. The van der Waals surface area contributed by atoms with Crippen molar-refractivity contribution >= 4 is 28.3 Å². The number of nitrogens with one attached hydrogen (secondary N) is 1. The SMILES string of the molecule is Cc1[nH]c2ccccc2c1C(=O)[C@H](C)Oc1ccc(C#N)cc1Cl. The number of aromatic amines is 1. The molecule has 1 heterocycles. The molecular weight excluding hydrogens is 324 g/mol. The third-order valence-corrected chi connectivity index (χ3v) is 4.17. The summed E-state index contributed by atoms with van der Waals surface area (Å²) in [5, 5.41) is 10.1. The van der Waals surface area contributed by atoms with E-state index in [9.17, 15) is 4.79 Å². The zero-order valence-corrected chi connectivity index (χ0v) is 14.0. The van der Waals surface area contributed by atoms with Crippen LogP contribution in [0.1, 0.15) is 28.5 Å². The van der Waals surface area contributed by atoms with Gasteiger partial charge in [-0.15, -0.1) is 0 Å². The maximum absolute atomic E-state index is 12.8. The van der Waals surface area contributed by atoms with Crippen LogP contribution >= 0.6 is 11.6 Å². The molecule has 0 bridgehead atoms. The van der Waals surface area contributed by atoms with E-state index in [1.54, 1.807) is 19.1 Å². The molecule has 0 saturated carbocycles. The number of nitrogens with zero attached hydrogens (tertiary/aromatic N) is 1. The zero-order valence-electron chi connectivity index (χ0n) is 13.3. The Kier molecular flexibility index (Phi) is 4.28. The third kappa shape index (κ3) is 2.86. The van der Waals surface area contributed by atoms with E-state index in [0.717, 1.165) is 16.6 Å². The summed E-state index contributed by atoms with van der Waals surface area (Å²) >= 11 is 6.11. The van der Waals surface area contributed by atoms with Crippen LogP contribution < -0.4 is 4.74 Å². The molecule has 0 radical (unpaired) electrons. The van der Waals surface area contributed by atoms with E-state index in [-0.39, 0.29) is 5.78 Å². The highest BCUT2D eigenvalue weighted by Gasteiger charge is 2.23. The highest BCUT2D eigenvalue weighted by molar-refractivity contribution is 6.32. The fraction of sp³-hybridized carbons (Fsp3) is 0.158. The number of ether oxygens (including phenoxy) is 1. The van der Waals surface area contributed by atoms with E-state index in [2.05, 4.69) is 4.98 Å². The van der Waals surface area contributed by atoms with Crippen LogP contribution in [-0.4, -0.2) is 16.9 Å². The third-order valence-electron chi connectivity index (χ3n) is 3.87. The number of benzene rings is 2. The summed E-state index contributed by atoms with van der Waals surface area (Å²) in [6, 6.07) is 14.4. The summed E-state index contributed by atoms with van der Waals surface area (Å²) in [5.41, 5.74) is 2.80. The van der Waals surface area contributed by atoms with E-state index in [1.807, 2.05) is 37.3 Å². The molecule has 0 spiro atoms. The number of para-hydroxylation sites is 1. The van der Waals surface area contributed by atoms with Crippen LogP contribution in [0, 0.1) is 18.3 Å². The van der Waals surface area contributed by atoms with Crippen molar-refractivity contribution in [2.75, 3.05) is 0 Å². The van der Waals surface area contributed by atoms with Gasteiger partial charge in [-0.05, 0) is 38.1 Å². The number of ketones is 1. The number of hydrogen-bond donors (Lipinski definition) is 1. The molecule has 120 valence electrons. The van der Waals surface area contributed by atoms with Gasteiger partial charge in [0, 0.05) is 22.2 Å². The number of carbonyl (C=O) groups is 1. The second-order valence-corrected chi connectivity index (χ2v) is 5.96. The Labute approximate surface area is 144 Å². The number of halogens is 1. The van der Waals surface area contributed by atoms with Crippen LogP contribution in [0.4, 0.5) is 0 Å². The molecule has 1 N–H and O–H groups in total. The van der Waals surface area contributed by atoms with Gasteiger partial charge in [0.2, 0.25) is 5.78 Å². The fourth-order valence-corrected chi connectivity index (χ4v) is 2.93. The summed E-state index contributed by atoms with van der Waals surface area (Å²) in [6.45, 7) is 3.56. The first kappa shape index (κ1) is 16.1. The summed E-state index contributed by atoms with van der Waals surface area (Å²) in [4.78, 5) is 16.1. The van der Waals surface area contributed by atoms with Crippen molar-refractivity contribution in [1.29, 1.82) is 5.26 Å². The van der Waals surface area contributed by atoms with E-state index in [4.69, 9.17) is 21.6 Å². The van der Waals surface area contributed by atoms with E-state index in [0.29, 0.717) is 21.9 Å². The molecule has 0 aliphatic heterocycles. The fourth-order valence-electron chi connectivity index (χ4n) is 2.71. The van der Waals surface area contributed by atoms with Gasteiger partial charge < -0.3 is 9.72 Å². The summed E-state index contributed by atoms with van der Waals surface area (Å²) in [6.07, 6.45) is -0.701. The highest BCUT2D eigenvalue weighted by atomic mass is 35.5. The first-order valence-corrected chi connectivity index (χ1v) is 7.87. The topological polar surface area (TPSA) is 65.9 Å². The smallest absolute Gasteiger partial charge is 0.205 e. The average molecular weight is 339 g/mol. The van der Waals surface area contributed by atoms with Crippen molar-refractivity contribution in [3.63, 3.8) is 0 Å². The Bertz CT molecular complexity index is 969. The molecule has 0 aliphatic carbocycles. The molecule has 24 heavy (non-hydrogen) atoms. The van der Waals surface area contributed by atoms with E-state index >= 15 is 0 Å². The number of aromatic nitrogens is 1. The molecule has 0 aliphatic rings. The van der Waals surface area contributed by atoms with Crippen molar-refractivity contribution < 1.29 is 9.53 Å². The van der Waals surface area contributed by atoms with Crippen molar-refractivity contribution in [1.82, 2.24) is 4.98 Å². The van der Waals surface area contributed by atoms with Gasteiger partial charge in [-0.1, -0.05) is 29.8 Å². The van der Waals surface area contributed by atoms with E-state index in [1.165, 1.54) is 6.07 Å². The quantitative estimate of drug-likeness (QED) is 0.704. The minimum atomic E-state index is -0.701. The highest BCUT2D eigenvalue weighted by Crippen LogP contribution is 2.28. The van der Waals surface area contributed by atoms with Gasteiger partial charge in [-0.2, -0.15) is 5.26 Å². The maximum atomic E-state index is 12.8. The number of aryl methyl sites for hydroxylation is 1. The monoisotopic (exact) mass is 338 g/mol. The Morgan fingerprint density at radius 3 is 2.75 bits per heavy atom. The second-order valence-electron chi connectivity index (χ2n) is 5.55. The summed E-state index contributed by atoms with van der Waals surface area (Å²) < 4.78 is 5.73. The van der Waals surface area contributed by atoms with Crippen LogP contribution in [0.5, 0.6) is 5.75 Å².